The molecule has 2 aliphatic heterocycles. The van der Waals surface area contributed by atoms with Crippen LogP contribution in [-0.2, 0) is 9.47 Å². The summed E-state index contributed by atoms with van der Waals surface area (Å²) in [5.41, 5.74) is 5.93. The van der Waals surface area contributed by atoms with E-state index in [1.807, 2.05) is 25.7 Å². The number of nitrogen functional groups attached to an aromatic ring is 1. The summed E-state index contributed by atoms with van der Waals surface area (Å²) in [7, 11) is 0. The van der Waals surface area contributed by atoms with Gasteiger partial charge in [0.15, 0.2) is 0 Å². The van der Waals surface area contributed by atoms with Crippen LogP contribution in [0.15, 0.2) is 18.2 Å². The summed E-state index contributed by atoms with van der Waals surface area (Å²) in [6.45, 7) is 7.50. The largest absolute Gasteiger partial charge is 0.444 e. The molecule has 0 aromatic heterocycles. The van der Waals surface area contributed by atoms with Gasteiger partial charge in [-0.1, -0.05) is 0 Å². The highest BCUT2D eigenvalue weighted by molar-refractivity contribution is 5.69. The topological polar surface area (TPSA) is 68.0 Å². The number of ether oxygens (including phenoxy) is 2. The molecule has 0 spiro atoms. The molecule has 0 radical (unpaired) electrons. The number of amides is 1. The van der Waals surface area contributed by atoms with Crippen LogP contribution in [0.3, 0.4) is 0 Å². The molecule has 3 rings (SSSR count). The van der Waals surface area contributed by atoms with E-state index in [1.54, 1.807) is 17.0 Å². The molecule has 7 heteroatoms. The minimum absolute atomic E-state index is 0.148. The predicted octanol–water partition coefficient (Wildman–Crippen LogP) is 2.23. The first-order valence-corrected chi connectivity index (χ1v) is 8.16. The van der Waals surface area contributed by atoms with Gasteiger partial charge in [0, 0.05) is 25.3 Å². The molecule has 1 amide bonds. The lowest BCUT2D eigenvalue weighted by molar-refractivity contribution is -0.0567. The number of rotatable bonds is 1. The Balaban J connectivity index is 1.76. The fourth-order valence-electron chi connectivity index (χ4n) is 3.21. The van der Waals surface area contributed by atoms with Crippen molar-refractivity contribution in [3.63, 3.8) is 0 Å². The van der Waals surface area contributed by atoms with Crippen LogP contribution in [0.25, 0.3) is 0 Å². The van der Waals surface area contributed by atoms with Crippen LogP contribution in [0.1, 0.15) is 20.8 Å². The molecule has 132 valence electrons. The molecule has 2 aliphatic rings. The number of fused-ring (bicyclic) bond motifs is 1. The normalized spacial score (nSPS) is 24.0. The minimum Gasteiger partial charge on any atom is -0.444 e. The lowest BCUT2D eigenvalue weighted by Gasteiger charge is -2.37. The lowest BCUT2D eigenvalue weighted by Crippen LogP contribution is -2.54. The first-order valence-electron chi connectivity index (χ1n) is 8.16. The highest BCUT2D eigenvalue weighted by atomic mass is 19.1. The van der Waals surface area contributed by atoms with Gasteiger partial charge >= 0.3 is 6.09 Å². The van der Waals surface area contributed by atoms with Crippen molar-refractivity contribution in [2.75, 3.05) is 36.9 Å². The van der Waals surface area contributed by atoms with Gasteiger partial charge in [0.05, 0.1) is 24.4 Å². The van der Waals surface area contributed by atoms with E-state index in [4.69, 9.17) is 15.2 Å². The second kappa shape index (κ2) is 6.12. The average molecular weight is 337 g/mol. The Kier molecular flexibility index (Phi) is 4.29. The van der Waals surface area contributed by atoms with E-state index in [0.717, 1.165) is 0 Å². The number of hydrogen-bond acceptors (Lipinski definition) is 5. The average Bonchev–Trinajstić information content (AvgIpc) is 2.88. The molecule has 2 heterocycles. The Morgan fingerprint density at radius 3 is 2.79 bits per heavy atom. The van der Waals surface area contributed by atoms with Crippen LogP contribution in [0.5, 0.6) is 0 Å². The molecular weight excluding hydrogens is 313 g/mol. The maximum absolute atomic E-state index is 14.2. The summed E-state index contributed by atoms with van der Waals surface area (Å²) in [4.78, 5) is 16.0. The minimum atomic E-state index is -0.549. The predicted molar refractivity (Wildman–Crippen MR) is 89.5 cm³/mol. The van der Waals surface area contributed by atoms with E-state index < -0.39 is 5.60 Å². The zero-order valence-electron chi connectivity index (χ0n) is 14.3. The first kappa shape index (κ1) is 16.8. The maximum Gasteiger partial charge on any atom is 0.410 e. The van der Waals surface area contributed by atoms with Crippen LogP contribution in [0.4, 0.5) is 20.6 Å². The Hall–Kier alpha value is -2.02. The fourth-order valence-corrected chi connectivity index (χ4v) is 3.21. The summed E-state index contributed by atoms with van der Waals surface area (Å²) < 4.78 is 25.5. The van der Waals surface area contributed by atoms with Crippen molar-refractivity contribution in [1.29, 1.82) is 0 Å². The van der Waals surface area contributed by atoms with Gasteiger partial charge in [0.25, 0.3) is 0 Å². The third-order valence-corrected chi connectivity index (χ3v) is 4.24. The molecule has 2 fully saturated rings. The number of halogens is 1. The number of benzene rings is 1. The Labute approximate surface area is 141 Å². The van der Waals surface area contributed by atoms with Crippen molar-refractivity contribution in [1.82, 2.24) is 4.90 Å². The number of anilines is 2. The maximum atomic E-state index is 14.2. The van der Waals surface area contributed by atoms with Gasteiger partial charge < -0.3 is 20.1 Å². The van der Waals surface area contributed by atoms with Crippen molar-refractivity contribution in [2.45, 2.75) is 38.5 Å². The van der Waals surface area contributed by atoms with E-state index in [2.05, 4.69) is 0 Å². The second-order valence-electron chi connectivity index (χ2n) is 7.27. The van der Waals surface area contributed by atoms with E-state index in [-0.39, 0.29) is 24.1 Å². The molecule has 2 saturated heterocycles. The Bertz CT molecular complexity index is 632. The van der Waals surface area contributed by atoms with Gasteiger partial charge in [-0.15, -0.1) is 0 Å². The molecule has 0 saturated carbocycles. The van der Waals surface area contributed by atoms with Crippen LogP contribution in [-0.4, -0.2) is 55.0 Å². The van der Waals surface area contributed by atoms with Crippen LogP contribution < -0.4 is 10.6 Å². The molecule has 1 aromatic carbocycles. The number of nitrogens with two attached hydrogens (primary N) is 1. The third-order valence-electron chi connectivity index (χ3n) is 4.24. The molecule has 6 nitrogen and oxygen atoms in total. The summed E-state index contributed by atoms with van der Waals surface area (Å²) in [6.07, 6.45) is -0.497. The van der Waals surface area contributed by atoms with Crippen LogP contribution in [0.2, 0.25) is 0 Å². The molecule has 1 aromatic rings. The van der Waals surface area contributed by atoms with Gasteiger partial charge in [-0.3, -0.25) is 4.90 Å². The summed E-state index contributed by atoms with van der Waals surface area (Å²) in [5.74, 6) is -0.363. The van der Waals surface area contributed by atoms with Gasteiger partial charge in [0.1, 0.15) is 11.4 Å². The second-order valence-corrected chi connectivity index (χ2v) is 7.27. The monoisotopic (exact) mass is 337 g/mol. The fraction of sp³-hybridized carbons (Fsp3) is 0.588. The van der Waals surface area contributed by atoms with E-state index in [9.17, 15) is 9.18 Å². The summed E-state index contributed by atoms with van der Waals surface area (Å²) in [6, 6.07) is 4.50. The third kappa shape index (κ3) is 3.40. The Morgan fingerprint density at radius 1 is 1.38 bits per heavy atom. The number of carbonyl (C=O) groups excluding carboxylic acids is 1. The van der Waals surface area contributed by atoms with Crippen molar-refractivity contribution >= 4 is 17.5 Å². The number of morpholine rings is 1. The highest BCUT2D eigenvalue weighted by Crippen LogP contribution is 2.30. The first-order chi connectivity index (χ1) is 11.2. The van der Waals surface area contributed by atoms with Gasteiger partial charge in [-0.05, 0) is 39.0 Å². The number of hydrogen-bond donors (Lipinski definition) is 1. The van der Waals surface area contributed by atoms with E-state index >= 15 is 0 Å². The molecule has 0 aliphatic carbocycles. The molecule has 2 N–H and O–H groups in total. The SMILES string of the molecule is CC(C)(C)OC(=O)N1CCOC2CN(c3ccc(N)cc3F)CC21. The highest BCUT2D eigenvalue weighted by Gasteiger charge is 2.43. The number of carbonyl (C=O) groups is 1. The zero-order chi connectivity index (χ0) is 17.5. The van der Waals surface area contributed by atoms with Crippen LogP contribution in [0, 0.1) is 5.82 Å². The van der Waals surface area contributed by atoms with E-state index in [1.165, 1.54) is 6.07 Å². The van der Waals surface area contributed by atoms with Crippen molar-refractivity contribution in [2.24, 2.45) is 0 Å². The molecule has 24 heavy (non-hydrogen) atoms. The zero-order valence-corrected chi connectivity index (χ0v) is 14.3. The molecule has 0 bridgehead atoms. The van der Waals surface area contributed by atoms with Gasteiger partial charge in [0.2, 0.25) is 0 Å². The quantitative estimate of drug-likeness (QED) is 0.796. The summed E-state index contributed by atoms with van der Waals surface area (Å²) >= 11 is 0. The lowest BCUT2D eigenvalue weighted by atomic mass is 10.1. The van der Waals surface area contributed by atoms with Crippen LogP contribution >= 0.6 is 0 Å². The van der Waals surface area contributed by atoms with Crippen molar-refractivity contribution in [3.8, 4) is 0 Å². The van der Waals surface area contributed by atoms with Crippen molar-refractivity contribution < 1.29 is 18.7 Å². The van der Waals surface area contributed by atoms with Gasteiger partial charge in [-0.25, -0.2) is 9.18 Å². The standard InChI is InChI=1S/C17H24FN3O3/c1-17(2,3)24-16(22)21-6-7-23-15-10-20(9-14(15)21)13-5-4-11(19)8-12(13)18/h4-5,8,14-15H,6-7,9-10,19H2,1-3H3. The molecule has 2 atom stereocenters. The molecule has 2 unspecified atom stereocenters. The molecular formula is C17H24FN3O3. The smallest absolute Gasteiger partial charge is 0.410 e. The summed E-state index contributed by atoms with van der Waals surface area (Å²) in [5, 5.41) is 0. The number of nitrogens with zero attached hydrogens (tertiary/aromatic N) is 2. The van der Waals surface area contributed by atoms with E-state index in [0.29, 0.717) is 37.6 Å². The Morgan fingerprint density at radius 2 is 2.12 bits per heavy atom. The van der Waals surface area contributed by atoms with Gasteiger partial charge in [-0.2, -0.15) is 0 Å². The van der Waals surface area contributed by atoms with Crippen molar-refractivity contribution in [3.05, 3.63) is 24.0 Å².